The predicted octanol–water partition coefficient (Wildman–Crippen LogP) is 9.02. The molecule has 0 bridgehead atoms. The molecule has 0 fully saturated rings. The third kappa shape index (κ3) is 6.23. The van der Waals surface area contributed by atoms with Gasteiger partial charge in [0.05, 0.1) is 30.1 Å². The standard InChI is InChI=1S/C21H12Cl6N6/c22-13-4-1-10(7-16(13)25)28-19-31-20(29-11-2-5-14(23)17(26)8-11)33-21(32-19)30-12-3-6-15(24)18(27)9-12/h1-9H,(H3,28,29,30,31,32,33). The smallest absolute Gasteiger partial charge is 0.233 e. The number of halogens is 6. The van der Waals surface area contributed by atoms with E-state index in [0.717, 1.165) is 0 Å². The SMILES string of the molecule is Clc1ccc(Nc2nc(Nc3ccc(Cl)c(Cl)c3)nc(Nc3ccc(Cl)c(Cl)c3)n2)cc1Cl. The lowest BCUT2D eigenvalue weighted by Gasteiger charge is -2.12. The average Bonchev–Trinajstić information content (AvgIpc) is 2.76. The van der Waals surface area contributed by atoms with Crippen molar-refractivity contribution in [1.82, 2.24) is 15.0 Å². The molecule has 0 saturated carbocycles. The highest BCUT2D eigenvalue weighted by molar-refractivity contribution is 6.43. The van der Waals surface area contributed by atoms with Gasteiger partial charge in [0.2, 0.25) is 17.8 Å². The maximum Gasteiger partial charge on any atom is 0.233 e. The van der Waals surface area contributed by atoms with Gasteiger partial charge < -0.3 is 16.0 Å². The Bertz CT molecular complexity index is 1160. The Morgan fingerprint density at radius 2 is 0.667 bits per heavy atom. The van der Waals surface area contributed by atoms with Crippen LogP contribution in [0.4, 0.5) is 34.9 Å². The molecule has 3 N–H and O–H groups in total. The van der Waals surface area contributed by atoms with Crippen molar-refractivity contribution in [2.45, 2.75) is 0 Å². The largest absolute Gasteiger partial charge is 0.324 e. The summed E-state index contributed by atoms with van der Waals surface area (Å²) in [6.45, 7) is 0. The summed E-state index contributed by atoms with van der Waals surface area (Å²) in [6, 6.07) is 15.2. The fourth-order valence-corrected chi connectivity index (χ4v) is 3.55. The minimum atomic E-state index is 0.244. The minimum absolute atomic E-state index is 0.244. The van der Waals surface area contributed by atoms with Gasteiger partial charge in [0, 0.05) is 17.1 Å². The Labute approximate surface area is 219 Å². The second-order valence-corrected chi connectivity index (χ2v) is 9.01. The number of nitrogens with zero attached hydrogens (tertiary/aromatic N) is 3. The lowest BCUT2D eigenvalue weighted by atomic mass is 10.3. The molecule has 0 spiro atoms. The molecule has 33 heavy (non-hydrogen) atoms. The van der Waals surface area contributed by atoms with E-state index in [0.29, 0.717) is 47.2 Å². The number of anilines is 6. The van der Waals surface area contributed by atoms with Gasteiger partial charge in [-0.15, -0.1) is 0 Å². The van der Waals surface area contributed by atoms with Crippen molar-refractivity contribution in [3.05, 3.63) is 84.7 Å². The lowest BCUT2D eigenvalue weighted by molar-refractivity contribution is 1.06. The van der Waals surface area contributed by atoms with E-state index in [1.165, 1.54) is 0 Å². The molecule has 0 atom stereocenters. The van der Waals surface area contributed by atoms with Crippen LogP contribution in [0, 0.1) is 0 Å². The van der Waals surface area contributed by atoms with Crippen LogP contribution in [0.25, 0.3) is 0 Å². The van der Waals surface area contributed by atoms with Gasteiger partial charge in [-0.3, -0.25) is 0 Å². The molecule has 0 amide bonds. The number of hydrogen-bond acceptors (Lipinski definition) is 6. The summed E-state index contributed by atoms with van der Waals surface area (Å²) in [7, 11) is 0. The second-order valence-electron chi connectivity index (χ2n) is 6.57. The van der Waals surface area contributed by atoms with E-state index < -0.39 is 0 Å². The zero-order valence-corrected chi connectivity index (χ0v) is 20.8. The third-order valence-electron chi connectivity index (χ3n) is 4.16. The first-order chi connectivity index (χ1) is 15.8. The second kappa shape index (κ2) is 10.4. The van der Waals surface area contributed by atoms with Gasteiger partial charge in [-0.1, -0.05) is 69.6 Å². The molecule has 0 radical (unpaired) electrons. The highest BCUT2D eigenvalue weighted by Gasteiger charge is 2.11. The van der Waals surface area contributed by atoms with Crippen molar-refractivity contribution in [2.75, 3.05) is 16.0 Å². The van der Waals surface area contributed by atoms with Crippen LogP contribution in [0.2, 0.25) is 30.1 Å². The van der Waals surface area contributed by atoms with E-state index in [9.17, 15) is 0 Å². The van der Waals surface area contributed by atoms with Crippen LogP contribution in [0.15, 0.2) is 54.6 Å². The number of benzene rings is 3. The molecule has 12 heteroatoms. The van der Waals surface area contributed by atoms with Gasteiger partial charge in [-0.2, -0.15) is 15.0 Å². The number of rotatable bonds is 6. The third-order valence-corrected chi connectivity index (χ3v) is 6.38. The van der Waals surface area contributed by atoms with Crippen molar-refractivity contribution >= 4 is 105 Å². The van der Waals surface area contributed by atoms with Crippen molar-refractivity contribution in [2.24, 2.45) is 0 Å². The zero-order valence-electron chi connectivity index (χ0n) is 16.3. The van der Waals surface area contributed by atoms with Gasteiger partial charge >= 0.3 is 0 Å². The van der Waals surface area contributed by atoms with Gasteiger partial charge in [-0.25, -0.2) is 0 Å². The minimum Gasteiger partial charge on any atom is -0.324 e. The summed E-state index contributed by atoms with van der Waals surface area (Å²) in [5.41, 5.74) is 1.91. The number of hydrogen-bond donors (Lipinski definition) is 3. The van der Waals surface area contributed by atoms with Crippen LogP contribution in [0.5, 0.6) is 0 Å². The lowest BCUT2D eigenvalue weighted by Crippen LogP contribution is -2.07. The molecular weight excluding hydrogens is 549 g/mol. The molecular formula is C21H12Cl6N6. The number of nitrogens with one attached hydrogen (secondary N) is 3. The van der Waals surface area contributed by atoms with Gasteiger partial charge in [0.15, 0.2) is 0 Å². The fourth-order valence-electron chi connectivity index (χ4n) is 2.65. The molecule has 0 aliphatic carbocycles. The van der Waals surface area contributed by atoms with Crippen molar-refractivity contribution in [1.29, 1.82) is 0 Å². The first-order valence-electron chi connectivity index (χ1n) is 9.19. The molecule has 1 aromatic heterocycles. The van der Waals surface area contributed by atoms with E-state index in [1.807, 2.05) is 0 Å². The van der Waals surface area contributed by atoms with E-state index in [-0.39, 0.29) is 17.8 Å². The van der Waals surface area contributed by atoms with Gasteiger partial charge in [0.25, 0.3) is 0 Å². The van der Waals surface area contributed by atoms with E-state index >= 15 is 0 Å². The van der Waals surface area contributed by atoms with Crippen LogP contribution in [0.1, 0.15) is 0 Å². The van der Waals surface area contributed by atoms with Crippen LogP contribution in [0.3, 0.4) is 0 Å². The highest BCUT2D eigenvalue weighted by atomic mass is 35.5. The molecule has 0 aliphatic heterocycles. The average molecular weight is 561 g/mol. The number of aromatic nitrogens is 3. The summed E-state index contributed by atoms with van der Waals surface area (Å²) >= 11 is 36.4. The van der Waals surface area contributed by atoms with E-state index in [1.54, 1.807) is 54.6 Å². The molecule has 4 aromatic rings. The van der Waals surface area contributed by atoms with Crippen molar-refractivity contribution in [3.63, 3.8) is 0 Å². The Hall–Kier alpha value is -2.19. The normalized spacial score (nSPS) is 10.7. The maximum absolute atomic E-state index is 6.12. The first kappa shape index (κ1) is 24.0. The molecule has 0 saturated heterocycles. The summed E-state index contributed by atoms with van der Waals surface area (Å²) in [5, 5.41) is 11.7. The first-order valence-corrected chi connectivity index (χ1v) is 11.5. The molecule has 168 valence electrons. The highest BCUT2D eigenvalue weighted by Crippen LogP contribution is 2.30. The molecule has 0 unspecified atom stereocenters. The van der Waals surface area contributed by atoms with Crippen molar-refractivity contribution in [3.8, 4) is 0 Å². The van der Waals surface area contributed by atoms with Crippen LogP contribution < -0.4 is 16.0 Å². The Balaban J connectivity index is 1.68. The van der Waals surface area contributed by atoms with Crippen molar-refractivity contribution < 1.29 is 0 Å². The molecule has 6 nitrogen and oxygen atoms in total. The van der Waals surface area contributed by atoms with Crippen LogP contribution >= 0.6 is 69.6 Å². The van der Waals surface area contributed by atoms with Gasteiger partial charge in [-0.05, 0) is 54.6 Å². The maximum atomic E-state index is 6.12. The quantitative estimate of drug-likeness (QED) is 0.218. The molecule has 3 aromatic carbocycles. The van der Waals surface area contributed by atoms with Gasteiger partial charge in [0.1, 0.15) is 0 Å². The summed E-state index contributed by atoms with van der Waals surface area (Å²) in [4.78, 5) is 13.3. The summed E-state index contributed by atoms with van der Waals surface area (Å²) in [6.07, 6.45) is 0. The summed E-state index contributed by atoms with van der Waals surface area (Å²) in [5.74, 6) is 0.732. The monoisotopic (exact) mass is 558 g/mol. The summed E-state index contributed by atoms with van der Waals surface area (Å²) < 4.78 is 0. The zero-order chi connectivity index (χ0) is 23.5. The predicted molar refractivity (Wildman–Crippen MR) is 139 cm³/mol. The fraction of sp³-hybridized carbons (Fsp3) is 0. The van der Waals surface area contributed by atoms with Crippen LogP contribution in [-0.2, 0) is 0 Å². The van der Waals surface area contributed by atoms with E-state index in [2.05, 4.69) is 30.9 Å². The Morgan fingerprint density at radius 3 is 0.909 bits per heavy atom. The Kier molecular flexibility index (Phi) is 7.54. The molecule has 0 aliphatic rings. The molecule has 1 heterocycles. The topological polar surface area (TPSA) is 74.8 Å². The van der Waals surface area contributed by atoms with E-state index in [4.69, 9.17) is 69.6 Å². The molecule has 4 rings (SSSR count). The Morgan fingerprint density at radius 1 is 0.394 bits per heavy atom. The van der Waals surface area contributed by atoms with Crippen LogP contribution in [-0.4, -0.2) is 15.0 Å².